The quantitative estimate of drug-likeness (QED) is 0.433. The molecule has 0 heterocycles. The first-order valence-corrected chi connectivity index (χ1v) is 3.52. The van der Waals surface area contributed by atoms with E-state index < -0.39 is 0 Å². The number of rotatable bonds is 2. The molecule has 3 N–H and O–H groups in total. The van der Waals surface area contributed by atoms with Gasteiger partial charge < -0.3 is 10.5 Å². The van der Waals surface area contributed by atoms with E-state index in [1.165, 1.54) is 0 Å². The lowest BCUT2D eigenvalue weighted by Crippen LogP contribution is -2.72. The summed E-state index contributed by atoms with van der Waals surface area (Å²) < 4.78 is 5.26. The SMILES string of the molecule is COC12CC(C(=N)N)(C1)C2. The van der Waals surface area contributed by atoms with Crippen molar-refractivity contribution in [3.63, 3.8) is 0 Å². The first-order chi connectivity index (χ1) is 4.63. The van der Waals surface area contributed by atoms with Crippen molar-refractivity contribution in [1.29, 1.82) is 5.41 Å². The van der Waals surface area contributed by atoms with Gasteiger partial charge in [0.05, 0.1) is 11.4 Å². The molecule has 0 radical (unpaired) electrons. The number of ether oxygens (including phenoxy) is 1. The predicted molar refractivity (Wildman–Crippen MR) is 37.9 cm³/mol. The van der Waals surface area contributed by atoms with Gasteiger partial charge in [-0.1, -0.05) is 0 Å². The highest BCUT2D eigenvalue weighted by Gasteiger charge is 2.70. The molecule has 0 saturated heterocycles. The Bertz CT molecular complexity index is 180. The summed E-state index contributed by atoms with van der Waals surface area (Å²) in [5.74, 6) is 0.353. The average molecular weight is 140 g/mol. The number of nitrogens with two attached hydrogens (primary N) is 1. The summed E-state index contributed by atoms with van der Waals surface area (Å²) in [7, 11) is 1.74. The largest absolute Gasteiger partial charge is 0.387 e. The molecule has 0 aliphatic heterocycles. The summed E-state index contributed by atoms with van der Waals surface area (Å²) in [6.07, 6.45) is 2.93. The van der Waals surface area contributed by atoms with Crippen LogP contribution in [0.15, 0.2) is 0 Å². The maximum absolute atomic E-state index is 7.27. The fourth-order valence-electron chi connectivity index (χ4n) is 2.20. The van der Waals surface area contributed by atoms with Gasteiger partial charge in [0, 0.05) is 12.5 Å². The smallest absolute Gasteiger partial charge is 0.0972 e. The van der Waals surface area contributed by atoms with Crippen LogP contribution in [0.25, 0.3) is 0 Å². The molecule has 0 atom stereocenters. The van der Waals surface area contributed by atoms with Crippen molar-refractivity contribution in [2.24, 2.45) is 11.1 Å². The maximum Gasteiger partial charge on any atom is 0.0972 e. The lowest BCUT2D eigenvalue weighted by atomic mass is 9.40. The van der Waals surface area contributed by atoms with Gasteiger partial charge in [0.15, 0.2) is 0 Å². The highest BCUT2D eigenvalue weighted by molar-refractivity contribution is 5.87. The molecule has 2 bridgehead atoms. The summed E-state index contributed by atoms with van der Waals surface area (Å²) in [5, 5.41) is 7.27. The lowest BCUT2D eigenvalue weighted by Gasteiger charge is -2.68. The van der Waals surface area contributed by atoms with E-state index in [0.717, 1.165) is 19.3 Å². The molecule has 3 heteroatoms. The van der Waals surface area contributed by atoms with Gasteiger partial charge in [0.2, 0.25) is 0 Å². The predicted octanol–water partition coefficient (Wildman–Crippen LogP) is 0.491. The second-order valence-corrected chi connectivity index (χ2v) is 3.61. The zero-order valence-electron chi connectivity index (χ0n) is 6.11. The van der Waals surface area contributed by atoms with Gasteiger partial charge in [-0.25, -0.2) is 0 Å². The molecular weight excluding hydrogens is 128 g/mol. The maximum atomic E-state index is 7.27. The van der Waals surface area contributed by atoms with Crippen LogP contribution in [0.1, 0.15) is 19.3 Å². The molecule has 10 heavy (non-hydrogen) atoms. The zero-order chi connectivity index (χ0) is 7.41. The van der Waals surface area contributed by atoms with Crippen molar-refractivity contribution in [3.8, 4) is 0 Å². The Labute approximate surface area is 60.1 Å². The molecule has 0 spiro atoms. The van der Waals surface area contributed by atoms with E-state index in [1.54, 1.807) is 7.11 Å². The zero-order valence-corrected chi connectivity index (χ0v) is 6.11. The molecule has 0 aromatic carbocycles. The van der Waals surface area contributed by atoms with E-state index in [-0.39, 0.29) is 11.0 Å². The molecule has 0 aromatic rings. The topological polar surface area (TPSA) is 59.1 Å². The van der Waals surface area contributed by atoms with E-state index in [4.69, 9.17) is 15.9 Å². The Morgan fingerprint density at radius 3 is 2.30 bits per heavy atom. The summed E-state index contributed by atoms with van der Waals surface area (Å²) in [6.45, 7) is 0. The second-order valence-electron chi connectivity index (χ2n) is 3.61. The van der Waals surface area contributed by atoms with Crippen LogP contribution in [-0.4, -0.2) is 18.5 Å². The Hall–Kier alpha value is -0.570. The van der Waals surface area contributed by atoms with Gasteiger partial charge in [-0.05, 0) is 19.3 Å². The number of hydrogen-bond acceptors (Lipinski definition) is 2. The Morgan fingerprint density at radius 1 is 1.50 bits per heavy atom. The van der Waals surface area contributed by atoms with Crippen molar-refractivity contribution in [1.82, 2.24) is 0 Å². The first-order valence-electron chi connectivity index (χ1n) is 3.52. The normalized spacial score (nSPS) is 49.3. The highest BCUT2D eigenvalue weighted by atomic mass is 16.5. The van der Waals surface area contributed by atoms with Crippen LogP contribution in [0.3, 0.4) is 0 Å². The van der Waals surface area contributed by atoms with Crippen LogP contribution in [0, 0.1) is 10.8 Å². The van der Waals surface area contributed by atoms with Crippen LogP contribution < -0.4 is 5.73 Å². The van der Waals surface area contributed by atoms with Gasteiger partial charge in [-0.3, -0.25) is 5.41 Å². The van der Waals surface area contributed by atoms with Crippen LogP contribution in [-0.2, 0) is 4.74 Å². The second kappa shape index (κ2) is 1.37. The fourth-order valence-corrected chi connectivity index (χ4v) is 2.20. The van der Waals surface area contributed by atoms with Crippen LogP contribution in [0.4, 0.5) is 0 Å². The summed E-state index contributed by atoms with van der Waals surface area (Å²) in [5.41, 5.74) is 5.61. The van der Waals surface area contributed by atoms with Crippen LogP contribution in [0.2, 0.25) is 0 Å². The Morgan fingerprint density at radius 2 is 2.00 bits per heavy atom. The van der Waals surface area contributed by atoms with E-state index in [1.807, 2.05) is 0 Å². The standard InChI is InChI=1S/C7H12N2O/c1-10-7-2-6(3-7,4-7)5(8)9/h2-4H2,1H3,(H3,8,9). The van der Waals surface area contributed by atoms with Crippen molar-refractivity contribution in [2.75, 3.05) is 7.11 Å². The molecule has 56 valence electrons. The number of amidine groups is 1. The molecule has 0 aromatic heterocycles. The molecule has 0 unspecified atom stereocenters. The van der Waals surface area contributed by atoms with Gasteiger partial charge >= 0.3 is 0 Å². The third-order valence-corrected chi connectivity index (χ3v) is 2.99. The molecular formula is C7H12N2O. The lowest BCUT2D eigenvalue weighted by molar-refractivity contribution is -0.241. The van der Waals surface area contributed by atoms with Crippen molar-refractivity contribution in [2.45, 2.75) is 24.9 Å². The monoisotopic (exact) mass is 140 g/mol. The molecule has 3 rings (SSSR count). The minimum atomic E-state index is 0.0655. The molecule has 3 aliphatic carbocycles. The Balaban J connectivity index is 2.04. The first kappa shape index (κ1) is 6.16. The minimum Gasteiger partial charge on any atom is -0.387 e. The highest BCUT2D eigenvalue weighted by Crippen LogP contribution is 2.68. The fraction of sp³-hybridized carbons (Fsp3) is 0.857. The number of methoxy groups -OCH3 is 1. The van der Waals surface area contributed by atoms with Crippen molar-refractivity contribution < 1.29 is 4.74 Å². The van der Waals surface area contributed by atoms with E-state index in [0.29, 0.717) is 5.84 Å². The summed E-state index contributed by atoms with van der Waals surface area (Å²) in [4.78, 5) is 0. The number of nitrogens with one attached hydrogen (secondary N) is 1. The molecule has 3 saturated carbocycles. The Kier molecular flexibility index (Phi) is 0.844. The third kappa shape index (κ3) is 0.440. The van der Waals surface area contributed by atoms with Crippen LogP contribution >= 0.6 is 0 Å². The van der Waals surface area contributed by atoms with E-state index in [2.05, 4.69) is 0 Å². The molecule has 3 nitrogen and oxygen atoms in total. The van der Waals surface area contributed by atoms with Crippen LogP contribution in [0.5, 0.6) is 0 Å². The molecule has 3 fully saturated rings. The van der Waals surface area contributed by atoms with E-state index in [9.17, 15) is 0 Å². The molecule has 0 amide bonds. The summed E-state index contributed by atoms with van der Waals surface area (Å²) in [6, 6.07) is 0. The van der Waals surface area contributed by atoms with Gasteiger partial charge in [0.1, 0.15) is 0 Å². The minimum absolute atomic E-state index is 0.0655. The van der Waals surface area contributed by atoms with E-state index >= 15 is 0 Å². The van der Waals surface area contributed by atoms with Gasteiger partial charge in [-0.2, -0.15) is 0 Å². The summed E-state index contributed by atoms with van der Waals surface area (Å²) >= 11 is 0. The van der Waals surface area contributed by atoms with Gasteiger partial charge in [-0.15, -0.1) is 0 Å². The third-order valence-electron chi connectivity index (χ3n) is 2.99. The van der Waals surface area contributed by atoms with Crippen molar-refractivity contribution in [3.05, 3.63) is 0 Å². The average Bonchev–Trinajstić information content (AvgIpc) is 1.57. The number of hydrogen-bond donors (Lipinski definition) is 2. The van der Waals surface area contributed by atoms with Gasteiger partial charge in [0.25, 0.3) is 0 Å². The molecule has 3 aliphatic rings. The van der Waals surface area contributed by atoms with Crippen molar-refractivity contribution >= 4 is 5.84 Å².